The maximum atomic E-state index is 14.3. The van der Waals surface area contributed by atoms with E-state index in [4.69, 9.17) is 42.7 Å². The van der Waals surface area contributed by atoms with Gasteiger partial charge >= 0.3 is 27.8 Å². The first kappa shape index (κ1) is 71.3. The molecule has 6 aromatic rings. The van der Waals surface area contributed by atoms with Crippen molar-refractivity contribution in [2.24, 2.45) is 11.1 Å². The van der Waals surface area contributed by atoms with Crippen LogP contribution in [0.4, 0.5) is 32.3 Å². The first-order valence-corrected chi connectivity index (χ1v) is 35.3. The lowest BCUT2D eigenvalue weighted by molar-refractivity contribution is -0.151. The van der Waals surface area contributed by atoms with Crippen molar-refractivity contribution in [2.75, 3.05) is 64.9 Å². The predicted molar refractivity (Wildman–Crippen MR) is 366 cm³/mol. The minimum Gasteiger partial charge on any atom is -0.444 e. The summed E-state index contributed by atoms with van der Waals surface area (Å²) in [5.74, 6) is -4.51. The highest BCUT2D eigenvalue weighted by Crippen LogP contribution is 2.51. The number of hydrogen-bond acceptors (Lipinski definition) is 14. The summed E-state index contributed by atoms with van der Waals surface area (Å²) in [7, 11) is -10.1. The summed E-state index contributed by atoms with van der Waals surface area (Å²) in [6.45, 7) is 0.468. The number of carbonyl (C=O) groups excluding carboxylic acids is 9. The molecule has 31 heteroatoms. The maximum Gasteiger partial charge on any atom is 0.524 e. The van der Waals surface area contributed by atoms with Crippen LogP contribution in [0.3, 0.4) is 0 Å². The number of carbonyl (C=O) groups is 9. The van der Waals surface area contributed by atoms with E-state index >= 15 is 0 Å². The molecule has 1 aliphatic carbocycles. The highest BCUT2D eigenvalue weighted by molar-refractivity contribution is 7.47. The van der Waals surface area contributed by atoms with E-state index in [0.717, 1.165) is 4.90 Å². The van der Waals surface area contributed by atoms with Crippen LogP contribution in [-0.4, -0.2) is 128 Å². The standard InChI is InChI=1S/C67H69Cl2N9O18P2/c68-35-43-37-77(52-33-54(95-97(88,89)90)46-10-2-4-12-48(46)60(43)52)58(81)23-18-40-15-19-42(20-24-59(82)78-38-44(36-69)61-49-13-5-3-11-47(49)55(34-53(61)78)96-98(91,92)93)51(32-40)75-66(87)94-39-41-16-21-45(22-17-41)73-62(83)50(14-8-30-72-65(70)86)74-64(85)67(27-9-28-67)63(84)71-29-6-1-7-31-76-56(79)25-26-57(76)80/h2-5,10-13,15-26,32-34,43-44,50H,1,6-9,14,27-31,35-39H2,(H,71,84)(H,73,83)(H,74,85)(H,75,87)(H3,70,72,86)(H2,88,89,90)(H2,91,92,93)/b23-18+,24-20+/t43-,44?,50+/m1/s1. The smallest absolute Gasteiger partial charge is 0.444 e. The van der Waals surface area contributed by atoms with E-state index in [1.54, 1.807) is 72.8 Å². The molecule has 0 spiro atoms. The van der Waals surface area contributed by atoms with E-state index in [-0.39, 0.29) is 123 Å². The molecule has 27 nitrogen and oxygen atoms in total. The molecule has 98 heavy (non-hydrogen) atoms. The van der Waals surface area contributed by atoms with Crippen LogP contribution in [-0.2, 0) is 54.0 Å². The van der Waals surface area contributed by atoms with Gasteiger partial charge in [-0.2, -0.15) is 0 Å². The van der Waals surface area contributed by atoms with E-state index in [1.807, 2.05) is 0 Å². The van der Waals surface area contributed by atoms with Crippen molar-refractivity contribution >= 4 is 149 Å². The normalized spacial score (nSPS) is 16.6. The molecule has 1 saturated carbocycles. The number of halogens is 2. The van der Waals surface area contributed by atoms with Crippen molar-refractivity contribution in [3.05, 3.63) is 155 Å². The molecule has 514 valence electrons. The Balaban J connectivity index is 0.836. The molecule has 0 aromatic heterocycles. The van der Waals surface area contributed by atoms with Gasteiger partial charge in [-0.25, -0.2) is 18.7 Å². The number of phosphoric ester groups is 2. The highest BCUT2D eigenvalue weighted by atomic mass is 35.5. The van der Waals surface area contributed by atoms with Crippen LogP contribution in [0.5, 0.6) is 11.5 Å². The summed E-state index contributed by atoms with van der Waals surface area (Å²) in [5, 5.41) is 15.5. The molecule has 3 aliphatic heterocycles. The third kappa shape index (κ3) is 16.9. The van der Waals surface area contributed by atoms with Gasteiger partial charge in [-0.1, -0.05) is 79.2 Å². The van der Waals surface area contributed by atoms with Crippen LogP contribution < -0.4 is 51.2 Å². The zero-order valence-corrected chi connectivity index (χ0v) is 55.7. The van der Waals surface area contributed by atoms with Gasteiger partial charge in [-0.3, -0.25) is 63.4 Å². The number of alkyl halides is 2. The van der Waals surface area contributed by atoms with Gasteiger partial charge < -0.3 is 50.6 Å². The van der Waals surface area contributed by atoms with Crippen molar-refractivity contribution in [2.45, 2.75) is 75.9 Å². The Kier molecular flexibility index (Phi) is 22.5. The van der Waals surface area contributed by atoms with E-state index in [1.165, 1.54) is 76.6 Å². The van der Waals surface area contributed by atoms with Gasteiger partial charge in [0.2, 0.25) is 17.7 Å². The van der Waals surface area contributed by atoms with Crippen LogP contribution in [0.1, 0.15) is 91.0 Å². The minimum atomic E-state index is -5.06. The molecule has 10 rings (SSSR count). The number of anilines is 4. The SMILES string of the molecule is NC(=O)NCCC[C@H](NC(=O)C1(C(=O)NCCCCCN2C(=O)C=CC2=O)CCC1)C(=O)Nc1ccc(COC(=O)Nc2cc(/C=C/C(=O)N3C[C@@H](CCl)c4c3cc(OP(=O)(O)O)c3ccccc43)ccc2/C=C/C(=O)N2CC(CCl)c3c2cc(OP(=O)(O)O)c2ccccc32)cc1. The molecular formula is C67H69Cl2N9O18P2. The summed E-state index contributed by atoms with van der Waals surface area (Å²) >= 11 is 12.9. The molecule has 3 atom stereocenters. The first-order valence-electron chi connectivity index (χ1n) is 31.2. The fourth-order valence-corrected chi connectivity index (χ4v) is 13.6. The average Bonchev–Trinajstić information content (AvgIpc) is 1.56. The number of rotatable bonds is 28. The Morgan fingerprint density at radius 1 is 0.653 bits per heavy atom. The summed E-state index contributed by atoms with van der Waals surface area (Å²) in [5.41, 5.74) is 7.31. The number of amides is 10. The lowest BCUT2D eigenvalue weighted by Crippen LogP contribution is -2.58. The Hall–Kier alpha value is -9.43. The molecule has 0 radical (unpaired) electrons. The van der Waals surface area contributed by atoms with E-state index in [2.05, 4.69) is 26.6 Å². The third-order valence-electron chi connectivity index (χ3n) is 17.2. The van der Waals surface area contributed by atoms with E-state index < -0.39 is 74.7 Å². The number of phosphoric acid groups is 2. The molecule has 0 bridgehead atoms. The van der Waals surface area contributed by atoms with Gasteiger partial charge in [0.15, 0.2) is 0 Å². The number of ether oxygens (including phenoxy) is 1. The van der Waals surface area contributed by atoms with Gasteiger partial charge in [0, 0.05) is 109 Å². The van der Waals surface area contributed by atoms with Crippen LogP contribution >= 0.6 is 38.8 Å². The molecule has 3 heterocycles. The lowest BCUT2D eigenvalue weighted by atomic mass is 9.67. The van der Waals surface area contributed by atoms with Gasteiger partial charge in [0.05, 0.1) is 17.1 Å². The molecular weight excluding hydrogens is 1350 g/mol. The first-order chi connectivity index (χ1) is 46.8. The van der Waals surface area contributed by atoms with Gasteiger partial charge in [0.25, 0.3) is 23.6 Å². The van der Waals surface area contributed by atoms with Crippen molar-refractivity contribution in [1.82, 2.24) is 20.9 Å². The number of unbranched alkanes of at least 4 members (excludes halogenated alkanes) is 2. The predicted octanol–water partition coefficient (Wildman–Crippen LogP) is 8.70. The number of primary amides is 1. The number of imide groups is 1. The van der Waals surface area contributed by atoms with E-state index in [9.17, 15) is 71.9 Å². The monoisotopic (exact) mass is 1420 g/mol. The fourth-order valence-electron chi connectivity index (χ4n) is 12.3. The van der Waals surface area contributed by atoms with Crippen molar-refractivity contribution in [3.63, 3.8) is 0 Å². The Morgan fingerprint density at radius 3 is 1.73 bits per heavy atom. The fraction of sp³-hybridized carbons (Fsp3) is 0.299. The second kappa shape index (κ2) is 31.0. The van der Waals surface area contributed by atoms with Crippen LogP contribution in [0.15, 0.2) is 127 Å². The molecule has 11 N–H and O–H groups in total. The number of nitrogens with zero attached hydrogens (tertiary/aromatic N) is 3. The largest absolute Gasteiger partial charge is 0.524 e. The van der Waals surface area contributed by atoms with Gasteiger partial charge in [-0.05, 0) is 114 Å². The number of urea groups is 1. The van der Waals surface area contributed by atoms with Gasteiger partial charge in [0.1, 0.15) is 29.6 Å². The summed E-state index contributed by atoms with van der Waals surface area (Å²) in [6.07, 6.45) is 9.84. The highest BCUT2D eigenvalue weighted by Gasteiger charge is 2.51. The Bertz CT molecular complexity index is 4330. The van der Waals surface area contributed by atoms with Crippen molar-refractivity contribution in [3.8, 4) is 11.5 Å². The van der Waals surface area contributed by atoms with Crippen LogP contribution in [0.2, 0.25) is 0 Å². The Labute approximate surface area is 571 Å². The molecule has 0 saturated heterocycles. The van der Waals surface area contributed by atoms with E-state index in [0.29, 0.717) is 80.9 Å². The van der Waals surface area contributed by atoms with Crippen molar-refractivity contribution in [1.29, 1.82) is 0 Å². The number of nitrogens with one attached hydrogen (secondary N) is 5. The molecule has 1 unspecified atom stereocenters. The molecule has 1 fully saturated rings. The number of nitrogens with two attached hydrogens (primary N) is 1. The number of fused-ring (bicyclic) bond motifs is 6. The summed E-state index contributed by atoms with van der Waals surface area (Å²) in [4.78, 5) is 162. The minimum absolute atomic E-state index is 0.0446. The third-order valence-corrected chi connectivity index (χ3v) is 18.9. The van der Waals surface area contributed by atoms with Crippen LogP contribution in [0, 0.1) is 5.41 Å². The number of hydrogen-bond donors (Lipinski definition) is 10. The number of benzene rings is 6. The maximum absolute atomic E-state index is 14.3. The lowest BCUT2D eigenvalue weighted by Gasteiger charge is -2.39. The van der Waals surface area contributed by atoms with Gasteiger partial charge in [-0.15, -0.1) is 23.2 Å². The summed E-state index contributed by atoms with van der Waals surface area (Å²) < 4.78 is 40.1. The summed E-state index contributed by atoms with van der Waals surface area (Å²) in [6, 6.07) is 25.3. The van der Waals surface area contributed by atoms with Crippen LogP contribution in [0.25, 0.3) is 33.7 Å². The topological polar surface area (TPSA) is 392 Å². The molecule has 4 aliphatic rings. The second-order valence-corrected chi connectivity index (χ2v) is 26.7. The second-order valence-electron chi connectivity index (χ2n) is 23.7. The molecule has 10 amide bonds. The quantitative estimate of drug-likeness (QED) is 0.00548. The zero-order valence-electron chi connectivity index (χ0n) is 52.4. The Morgan fingerprint density at radius 2 is 1.20 bits per heavy atom. The zero-order chi connectivity index (χ0) is 70.1. The average molecular weight is 1420 g/mol. The molecule has 6 aromatic carbocycles. The van der Waals surface area contributed by atoms with Crippen molar-refractivity contribution < 1.29 is 85.6 Å².